The number of fused-ring (bicyclic) bond motifs is 1. The second-order valence-electron chi connectivity index (χ2n) is 4.71. The van der Waals surface area contributed by atoms with Crippen LogP contribution >= 0.6 is 0 Å². The average molecular weight is 283 g/mol. The Morgan fingerprint density at radius 3 is 2.67 bits per heavy atom. The Labute approximate surface area is 120 Å². The van der Waals surface area contributed by atoms with Crippen LogP contribution in [0.15, 0.2) is 52.9 Å². The average Bonchev–Trinajstić information content (AvgIpc) is 2.91. The minimum Gasteiger partial charge on any atom is -0.423 e. The maximum Gasteiger partial charge on any atom is 0.298 e. The number of benzene rings is 2. The summed E-state index contributed by atoms with van der Waals surface area (Å²) in [7, 11) is 1.79. The molecule has 106 valence electrons. The van der Waals surface area contributed by atoms with Crippen molar-refractivity contribution in [2.24, 2.45) is 0 Å². The van der Waals surface area contributed by atoms with Crippen molar-refractivity contribution in [3.8, 4) is 0 Å². The van der Waals surface area contributed by atoms with Gasteiger partial charge >= 0.3 is 0 Å². The van der Waals surface area contributed by atoms with Crippen LogP contribution in [0.25, 0.3) is 11.1 Å². The van der Waals surface area contributed by atoms with E-state index in [1.165, 1.54) is 6.07 Å². The molecule has 6 nitrogen and oxygen atoms in total. The fourth-order valence-corrected chi connectivity index (χ4v) is 2.17. The minimum atomic E-state index is -0.380. The molecule has 3 aromatic rings. The molecule has 0 aliphatic rings. The van der Waals surface area contributed by atoms with Gasteiger partial charge in [0.2, 0.25) is 0 Å². The Balaban J connectivity index is 1.89. The third kappa shape index (κ3) is 2.55. The topological polar surface area (TPSA) is 72.4 Å². The quantitative estimate of drug-likeness (QED) is 0.542. The van der Waals surface area contributed by atoms with Crippen molar-refractivity contribution in [3.05, 3.63) is 64.2 Å². The summed E-state index contributed by atoms with van der Waals surface area (Å²) in [6, 6.07) is 14.6. The summed E-state index contributed by atoms with van der Waals surface area (Å²) in [5.74, 6) is 0. The van der Waals surface area contributed by atoms with Crippen LogP contribution in [0.5, 0.6) is 0 Å². The Morgan fingerprint density at radius 1 is 1.19 bits per heavy atom. The maximum absolute atomic E-state index is 11.0. The van der Waals surface area contributed by atoms with Gasteiger partial charge in [0.05, 0.1) is 11.5 Å². The number of nitro groups is 1. The van der Waals surface area contributed by atoms with Crippen LogP contribution in [-0.4, -0.2) is 17.0 Å². The summed E-state index contributed by atoms with van der Waals surface area (Å²) in [5, 5.41) is 11.0. The van der Waals surface area contributed by atoms with Gasteiger partial charge in [0.1, 0.15) is 5.52 Å². The summed E-state index contributed by atoms with van der Waals surface area (Å²) in [5.41, 5.74) is 2.18. The van der Waals surface area contributed by atoms with Gasteiger partial charge in [0.15, 0.2) is 5.58 Å². The van der Waals surface area contributed by atoms with Crippen molar-refractivity contribution in [2.75, 3.05) is 11.9 Å². The van der Waals surface area contributed by atoms with E-state index in [0.717, 1.165) is 5.52 Å². The first kappa shape index (κ1) is 13.1. The number of rotatable bonds is 4. The van der Waals surface area contributed by atoms with E-state index in [9.17, 15) is 10.1 Å². The van der Waals surface area contributed by atoms with Crippen LogP contribution < -0.4 is 4.90 Å². The second-order valence-corrected chi connectivity index (χ2v) is 4.71. The van der Waals surface area contributed by atoms with Crippen LogP contribution in [0.1, 0.15) is 5.56 Å². The molecule has 0 atom stereocenters. The lowest BCUT2D eigenvalue weighted by molar-refractivity contribution is -0.385. The molecule has 3 rings (SSSR count). The van der Waals surface area contributed by atoms with Crippen molar-refractivity contribution in [1.29, 1.82) is 0 Å². The number of hydrogen-bond donors (Lipinski definition) is 0. The van der Waals surface area contributed by atoms with E-state index < -0.39 is 0 Å². The lowest BCUT2D eigenvalue weighted by Gasteiger charge is -2.14. The van der Waals surface area contributed by atoms with Crippen LogP contribution in [0.2, 0.25) is 0 Å². The molecule has 6 heteroatoms. The molecule has 0 N–H and O–H groups in total. The summed E-state index contributed by atoms with van der Waals surface area (Å²) in [6.07, 6.45) is 0. The van der Waals surface area contributed by atoms with Gasteiger partial charge in [-0.3, -0.25) is 10.1 Å². The number of nitrogens with zero attached hydrogens (tertiary/aromatic N) is 3. The van der Waals surface area contributed by atoms with Gasteiger partial charge in [0.25, 0.3) is 11.7 Å². The van der Waals surface area contributed by atoms with E-state index in [0.29, 0.717) is 23.7 Å². The Hall–Kier alpha value is -2.89. The third-order valence-electron chi connectivity index (χ3n) is 3.20. The molecule has 21 heavy (non-hydrogen) atoms. The highest BCUT2D eigenvalue weighted by atomic mass is 16.6. The molecule has 0 radical (unpaired) electrons. The highest BCUT2D eigenvalue weighted by Gasteiger charge is 2.16. The molecule has 2 aromatic carbocycles. The molecule has 0 saturated carbocycles. The fourth-order valence-electron chi connectivity index (χ4n) is 2.17. The van der Waals surface area contributed by atoms with Gasteiger partial charge < -0.3 is 9.32 Å². The Morgan fingerprint density at radius 2 is 1.90 bits per heavy atom. The molecule has 0 unspecified atom stereocenters. The molecule has 1 heterocycles. The SMILES string of the molecule is CN(Cc1ccccc1[N+](=O)[O-])c1nc2ccccc2o1. The molecule has 0 bridgehead atoms. The number of nitro benzene ring substituents is 1. The Kier molecular flexibility index (Phi) is 3.27. The monoisotopic (exact) mass is 283 g/mol. The number of para-hydroxylation sites is 3. The first-order valence-corrected chi connectivity index (χ1v) is 6.44. The normalized spacial score (nSPS) is 10.7. The molecule has 0 aliphatic heterocycles. The largest absolute Gasteiger partial charge is 0.423 e. The van der Waals surface area contributed by atoms with Crippen molar-refractivity contribution >= 4 is 22.8 Å². The first-order chi connectivity index (χ1) is 10.1. The predicted molar refractivity (Wildman–Crippen MR) is 79.2 cm³/mol. The summed E-state index contributed by atoms with van der Waals surface area (Å²) >= 11 is 0. The van der Waals surface area contributed by atoms with E-state index in [-0.39, 0.29) is 10.6 Å². The lowest BCUT2D eigenvalue weighted by atomic mass is 10.2. The van der Waals surface area contributed by atoms with Gasteiger partial charge in [-0.15, -0.1) is 0 Å². The first-order valence-electron chi connectivity index (χ1n) is 6.44. The number of anilines is 1. The van der Waals surface area contributed by atoms with Crippen molar-refractivity contribution in [3.63, 3.8) is 0 Å². The minimum absolute atomic E-state index is 0.0976. The number of aromatic nitrogens is 1. The smallest absolute Gasteiger partial charge is 0.298 e. The molecule has 0 saturated heterocycles. The zero-order valence-corrected chi connectivity index (χ0v) is 11.4. The van der Waals surface area contributed by atoms with Crippen molar-refractivity contribution in [1.82, 2.24) is 4.98 Å². The molecule has 1 aromatic heterocycles. The van der Waals surface area contributed by atoms with Gasteiger partial charge in [-0.25, -0.2) is 0 Å². The molecule has 0 fully saturated rings. The number of hydrogen-bond acceptors (Lipinski definition) is 5. The van der Waals surface area contributed by atoms with E-state index in [4.69, 9.17) is 4.42 Å². The zero-order valence-electron chi connectivity index (χ0n) is 11.4. The summed E-state index contributed by atoms with van der Waals surface area (Å²) in [4.78, 5) is 16.8. The van der Waals surface area contributed by atoms with Crippen LogP contribution in [0.3, 0.4) is 0 Å². The maximum atomic E-state index is 11.0. The molecule has 0 aliphatic carbocycles. The Bertz CT molecular complexity index is 764. The van der Waals surface area contributed by atoms with Gasteiger partial charge in [0, 0.05) is 18.7 Å². The predicted octanol–water partition coefficient (Wildman–Crippen LogP) is 3.37. The third-order valence-corrected chi connectivity index (χ3v) is 3.20. The second kappa shape index (κ2) is 5.24. The van der Waals surface area contributed by atoms with Crippen LogP contribution in [0.4, 0.5) is 11.7 Å². The summed E-state index contributed by atoms with van der Waals surface area (Å²) < 4.78 is 5.65. The van der Waals surface area contributed by atoms with E-state index in [2.05, 4.69) is 4.98 Å². The van der Waals surface area contributed by atoms with Gasteiger partial charge in [-0.2, -0.15) is 4.98 Å². The molecular weight excluding hydrogens is 270 g/mol. The van der Waals surface area contributed by atoms with Crippen molar-refractivity contribution in [2.45, 2.75) is 6.54 Å². The highest BCUT2D eigenvalue weighted by molar-refractivity contribution is 5.74. The molecule has 0 spiro atoms. The molecular formula is C15H13N3O3. The van der Waals surface area contributed by atoms with Gasteiger partial charge in [-0.1, -0.05) is 30.3 Å². The van der Waals surface area contributed by atoms with E-state index in [1.807, 2.05) is 24.3 Å². The van der Waals surface area contributed by atoms with Crippen molar-refractivity contribution < 1.29 is 9.34 Å². The van der Waals surface area contributed by atoms with Crippen LogP contribution in [0, 0.1) is 10.1 Å². The highest BCUT2D eigenvalue weighted by Crippen LogP contribution is 2.24. The summed E-state index contributed by atoms with van der Waals surface area (Å²) in [6.45, 7) is 0.351. The fraction of sp³-hybridized carbons (Fsp3) is 0.133. The van der Waals surface area contributed by atoms with E-state index >= 15 is 0 Å². The molecule has 0 amide bonds. The van der Waals surface area contributed by atoms with E-state index in [1.54, 1.807) is 30.1 Å². The van der Waals surface area contributed by atoms with Crippen LogP contribution in [-0.2, 0) is 6.54 Å². The number of oxazole rings is 1. The zero-order chi connectivity index (χ0) is 14.8. The van der Waals surface area contributed by atoms with Gasteiger partial charge in [-0.05, 0) is 12.1 Å². The lowest BCUT2D eigenvalue weighted by Crippen LogP contribution is -2.17. The standard InChI is InChI=1S/C15H13N3O3/c1-17(10-11-6-2-4-8-13(11)18(19)20)15-16-12-7-3-5-9-14(12)21-15/h2-9H,10H2,1H3.